The van der Waals surface area contributed by atoms with Crippen LogP contribution in [-0.4, -0.2) is 63.3 Å². The second-order valence-corrected chi connectivity index (χ2v) is 6.78. The normalized spacial score (nSPS) is 12.2. The fraction of sp³-hybridized carbons (Fsp3) is 0.368. The number of aromatic nitrogens is 1. The molecule has 1 aromatic carbocycles. The standard InChI is InChI=1S/C10H17N3O6S.C9H9N/c11-5(10(18)19)1-2-7(14)13-6(4-20)9(17)12-3-8(15)16;1-7-6-10-9-5-3-2-4-8(7)9/h5-6,20H,1-4,11H2,(H,12,17)(H,13,14)(H,15,16)(H,18,19);2-6,10H,1H3/t5-,6-;/m0./s1. The molecule has 1 aromatic heterocycles. The van der Waals surface area contributed by atoms with Crippen LogP contribution in [-0.2, 0) is 19.2 Å². The van der Waals surface area contributed by atoms with Gasteiger partial charge in [-0.05, 0) is 25.0 Å². The van der Waals surface area contributed by atoms with Crippen LogP contribution in [0.4, 0.5) is 0 Å². The lowest BCUT2D eigenvalue weighted by Gasteiger charge is -2.16. The van der Waals surface area contributed by atoms with Gasteiger partial charge in [-0.15, -0.1) is 0 Å². The number of fused-ring (bicyclic) bond motifs is 1. The molecular formula is C19H26N4O6S. The SMILES string of the molecule is Cc1c[nH]c2ccccc12.N[C@@H](CCC(=O)N[C@@H](CS)C(=O)NCC(=O)O)C(=O)O. The number of carbonyl (C=O) groups is 4. The Morgan fingerprint density at radius 1 is 1.20 bits per heavy atom. The number of aryl methyl sites for hydroxylation is 1. The molecule has 1 heterocycles. The van der Waals surface area contributed by atoms with Crippen LogP contribution in [0, 0.1) is 6.92 Å². The number of para-hydroxylation sites is 1. The van der Waals surface area contributed by atoms with Crippen LogP contribution in [0.3, 0.4) is 0 Å². The molecule has 164 valence electrons. The minimum atomic E-state index is -1.22. The highest BCUT2D eigenvalue weighted by molar-refractivity contribution is 7.80. The van der Waals surface area contributed by atoms with Crippen LogP contribution in [0.2, 0.25) is 0 Å². The van der Waals surface area contributed by atoms with Gasteiger partial charge in [-0.1, -0.05) is 18.2 Å². The van der Waals surface area contributed by atoms with Gasteiger partial charge in [-0.3, -0.25) is 19.2 Å². The van der Waals surface area contributed by atoms with Gasteiger partial charge in [-0.25, -0.2) is 0 Å². The maximum atomic E-state index is 11.5. The topological polar surface area (TPSA) is 175 Å². The van der Waals surface area contributed by atoms with Crippen LogP contribution in [0.1, 0.15) is 18.4 Å². The minimum Gasteiger partial charge on any atom is -0.480 e. The number of carboxylic acids is 2. The number of H-pyrrole nitrogens is 1. The van der Waals surface area contributed by atoms with Gasteiger partial charge in [0.1, 0.15) is 18.6 Å². The van der Waals surface area contributed by atoms with E-state index in [0.717, 1.165) is 0 Å². The first kappa shape index (κ1) is 25.0. The van der Waals surface area contributed by atoms with E-state index in [1.165, 1.54) is 16.5 Å². The highest BCUT2D eigenvalue weighted by Crippen LogP contribution is 2.15. The van der Waals surface area contributed by atoms with Crippen LogP contribution in [0.15, 0.2) is 30.5 Å². The van der Waals surface area contributed by atoms with E-state index >= 15 is 0 Å². The largest absolute Gasteiger partial charge is 0.480 e. The van der Waals surface area contributed by atoms with Crippen molar-refractivity contribution in [1.82, 2.24) is 15.6 Å². The van der Waals surface area contributed by atoms with Gasteiger partial charge in [0.05, 0.1) is 0 Å². The molecule has 0 aliphatic rings. The summed E-state index contributed by atoms with van der Waals surface area (Å²) >= 11 is 3.87. The molecule has 0 unspecified atom stereocenters. The Bertz CT molecular complexity index is 885. The third-order valence-electron chi connectivity index (χ3n) is 4.04. The monoisotopic (exact) mass is 438 g/mol. The molecule has 0 saturated carbocycles. The molecule has 2 amide bonds. The lowest BCUT2D eigenvalue weighted by atomic mass is 10.1. The van der Waals surface area contributed by atoms with Crippen LogP contribution >= 0.6 is 12.6 Å². The van der Waals surface area contributed by atoms with Gasteiger partial charge >= 0.3 is 11.9 Å². The zero-order chi connectivity index (χ0) is 22.7. The Kier molecular flexibility index (Phi) is 10.4. The number of carbonyl (C=O) groups excluding carboxylic acids is 2. The van der Waals surface area contributed by atoms with Crippen molar-refractivity contribution in [3.05, 3.63) is 36.0 Å². The molecule has 0 spiro atoms. The number of rotatable bonds is 9. The number of nitrogens with two attached hydrogens (primary N) is 1. The van der Waals surface area contributed by atoms with E-state index in [1.807, 2.05) is 12.3 Å². The molecule has 2 aromatic rings. The molecule has 0 fully saturated rings. The quantitative estimate of drug-likeness (QED) is 0.275. The Labute approximate surface area is 178 Å². The molecule has 0 aliphatic carbocycles. The van der Waals surface area contributed by atoms with E-state index in [-0.39, 0.29) is 18.6 Å². The van der Waals surface area contributed by atoms with Gasteiger partial charge in [0.25, 0.3) is 0 Å². The number of amides is 2. The summed E-state index contributed by atoms with van der Waals surface area (Å²) < 4.78 is 0. The molecular weight excluding hydrogens is 412 g/mol. The van der Waals surface area contributed by atoms with Crippen LogP contribution in [0.5, 0.6) is 0 Å². The minimum absolute atomic E-state index is 0.0256. The van der Waals surface area contributed by atoms with Crippen LogP contribution in [0.25, 0.3) is 10.9 Å². The second-order valence-electron chi connectivity index (χ2n) is 6.41. The van der Waals surface area contributed by atoms with E-state index in [4.69, 9.17) is 15.9 Å². The fourth-order valence-corrected chi connectivity index (χ4v) is 2.63. The average molecular weight is 439 g/mol. The highest BCUT2D eigenvalue weighted by atomic mass is 32.1. The van der Waals surface area contributed by atoms with Gasteiger partial charge < -0.3 is 31.6 Å². The molecule has 2 atom stereocenters. The Hall–Kier alpha value is -3.05. The number of aliphatic carboxylic acids is 2. The Morgan fingerprint density at radius 2 is 1.87 bits per heavy atom. The summed E-state index contributed by atoms with van der Waals surface area (Å²) in [6.07, 6.45) is 1.80. The average Bonchev–Trinajstić information content (AvgIpc) is 3.10. The summed E-state index contributed by atoms with van der Waals surface area (Å²) in [5.41, 5.74) is 7.77. The smallest absolute Gasteiger partial charge is 0.322 e. The van der Waals surface area contributed by atoms with Crippen molar-refractivity contribution in [2.24, 2.45) is 5.73 Å². The van der Waals surface area contributed by atoms with E-state index in [9.17, 15) is 19.2 Å². The van der Waals surface area contributed by atoms with Crippen molar-refractivity contribution in [1.29, 1.82) is 0 Å². The van der Waals surface area contributed by atoms with Crippen molar-refractivity contribution in [2.75, 3.05) is 12.3 Å². The summed E-state index contributed by atoms with van der Waals surface area (Å²) in [5, 5.41) is 22.7. The summed E-state index contributed by atoms with van der Waals surface area (Å²) in [7, 11) is 0. The first-order chi connectivity index (χ1) is 14.1. The van der Waals surface area contributed by atoms with Gasteiger partial charge in [0, 0.05) is 29.3 Å². The summed E-state index contributed by atoms with van der Waals surface area (Å²) in [6.45, 7) is 1.54. The second kappa shape index (κ2) is 12.5. The molecule has 11 heteroatoms. The molecule has 30 heavy (non-hydrogen) atoms. The Morgan fingerprint density at radius 3 is 2.43 bits per heavy atom. The van der Waals surface area contributed by atoms with Crippen molar-refractivity contribution >= 4 is 47.3 Å². The third-order valence-corrected chi connectivity index (χ3v) is 4.41. The van der Waals surface area contributed by atoms with Crippen LogP contribution < -0.4 is 16.4 Å². The number of benzene rings is 1. The highest BCUT2D eigenvalue weighted by Gasteiger charge is 2.20. The fourth-order valence-electron chi connectivity index (χ4n) is 2.37. The van der Waals surface area contributed by atoms with E-state index < -0.39 is 42.4 Å². The Balaban J connectivity index is 0.000000367. The third kappa shape index (κ3) is 8.53. The molecule has 0 saturated heterocycles. The lowest BCUT2D eigenvalue weighted by molar-refractivity contribution is -0.139. The molecule has 0 aliphatic heterocycles. The van der Waals surface area contributed by atoms with Crippen molar-refractivity contribution in [3.8, 4) is 0 Å². The maximum Gasteiger partial charge on any atom is 0.322 e. The number of nitrogens with one attached hydrogen (secondary N) is 3. The summed E-state index contributed by atoms with van der Waals surface area (Å²) in [5.74, 6) is -3.70. The predicted molar refractivity (Wildman–Crippen MR) is 114 cm³/mol. The zero-order valence-corrected chi connectivity index (χ0v) is 17.3. The van der Waals surface area contributed by atoms with E-state index in [0.29, 0.717) is 0 Å². The van der Waals surface area contributed by atoms with E-state index in [1.54, 1.807) is 0 Å². The van der Waals surface area contributed by atoms with Gasteiger partial charge in [0.15, 0.2) is 0 Å². The summed E-state index contributed by atoms with van der Waals surface area (Å²) in [4.78, 5) is 46.9. The molecule has 0 bridgehead atoms. The van der Waals surface area contributed by atoms with E-state index in [2.05, 4.69) is 53.4 Å². The number of aromatic amines is 1. The molecule has 7 N–H and O–H groups in total. The first-order valence-corrected chi connectivity index (χ1v) is 9.69. The van der Waals surface area contributed by atoms with Crippen molar-refractivity contribution in [3.63, 3.8) is 0 Å². The molecule has 0 radical (unpaired) electrons. The van der Waals surface area contributed by atoms with Gasteiger partial charge in [0.2, 0.25) is 11.8 Å². The molecule has 2 rings (SSSR count). The maximum absolute atomic E-state index is 11.5. The molecule has 10 nitrogen and oxygen atoms in total. The van der Waals surface area contributed by atoms with Crippen molar-refractivity contribution in [2.45, 2.75) is 31.8 Å². The lowest BCUT2D eigenvalue weighted by Crippen LogP contribution is -2.49. The predicted octanol–water partition coefficient (Wildman–Crippen LogP) is 0.270. The summed E-state index contributed by atoms with van der Waals surface area (Å²) in [6, 6.07) is 6.16. The number of hydrogen-bond donors (Lipinski definition) is 7. The number of thiol groups is 1. The van der Waals surface area contributed by atoms with Crippen molar-refractivity contribution < 1.29 is 29.4 Å². The zero-order valence-electron chi connectivity index (χ0n) is 16.4. The number of hydrogen-bond acceptors (Lipinski definition) is 6. The first-order valence-electron chi connectivity index (χ1n) is 9.06. The van der Waals surface area contributed by atoms with Gasteiger partial charge in [-0.2, -0.15) is 12.6 Å². The number of carboxylic acid groups (broad SMARTS) is 2.